The maximum atomic E-state index is 6.65. The normalized spacial score (nSPS) is 12.0. The number of hydrogen-bond donors (Lipinski definition) is 0. The Morgan fingerprint density at radius 2 is 1.50 bits per heavy atom. The summed E-state index contributed by atoms with van der Waals surface area (Å²) in [4.78, 5) is 4.95. The molecule has 2 aromatic heterocycles. The number of para-hydroxylation sites is 2. The summed E-state index contributed by atoms with van der Waals surface area (Å²) < 4.78 is 2.28. The Hall–Kier alpha value is -3.10. The Kier molecular flexibility index (Phi) is 2.69. The van der Waals surface area contributed by atoms with Crippen molar-refractivity contribution in [3.05, 3.63) is 83.9 Å². The van der Waals surface area contributed by atoms with Crippen molar-refractivity contribution in [1.29, 1.82) is 0 Å². The zero-order valence-corrected chi connectivity index (χ0v) is 14.5. The Labute approximate surface area is 154 Å². The molecule has 0 N–H and O–H groups in total. The Balaban J connectivity index is 2.10. The molecular weight excluding hydrogens is 340 g/mol. The number of pyridine rings is 1. The van der Waals surface area contributed by atoms with Gasteiger partial charge in [-0.3, -0.25) is 4.40 Å². The van der Waals surface area contributed by atoms with Crippen LogP contribution in [0.15, 0.2) is 78.9 Å². The topological polar surface area (TPSA) is 17.3 Å². The van der Waals surface area contributed by atoms with Crippen LogP contribution in [0.1, 0.15) is 0 Å². The smallest absolute Gasteiger partial charge is 0.146 e. The molecular formula is C23H13ClN2. The van der Waals surface area contributed by atoms with Gasteiger partial charge in [0.05, 0.1) is 16.6 Å². The molecule has 0 amide bonds. The molecule has 2 nitrogen and oxygen atoms in total. The minimum Gasteiger partial charge on any atom is -0.291 e. The summed E-state index contributed by atoms with van der Waals surface area (Å²) in [7, 11) is 0. The van der Waals surface area contributed by atoms with Crippen LogP contribution in [0.3, 0.4) is 0 Å². The number of halogens is 1. The highest BCUT2D eigenvalue weighted by Crippen LogP contribution is 2.38. The maximum Gasteiger partial charge on any atom is 0.146 e. The minimum atomic E-state index is 0.761. The van der Waals surface area contributed by atoms with Crippen LogP contribution in [-0.2, 0) is 0 Å². The van der Waals surface area contributed by atoms with E-state index in [1.807, 2.05) is 18.2 Å². The first-order valence-corrected chi connectivity index (χ1v) is 8.99. The van der Waals surface area contributed by atoms with Gasteiger partial charge in [-0.05, 0) is 23.6 Å². The Morgan fingerprint density at radius 1 is 0.692 bits per heavy atom. The number of fused-ring (bicyclic) bond motifs is 10. The van der Waals surface area contributed by atoms with Gasteiger partial charge in [-0.2, -0.15) is 0 Å². The first-order chi connectivity index (χ1) is 12.8. The fraction of sp³-hybridized carbons (Fsp3) is 0. The maximum absolute atomic E-state index is 6.65. The molecule has 2 heterocycles. The second kappa shape index (κ2) is 4.96. The minimum absolute atomic E-state index is 0.761. The molecule has 4 aromatic carbocycles. The summed E-state index contributed by atoms with van der Waals surface area (Å²) in [6.07, 6.45) is 0. The molecule has 0 aliphatic heterocycles. The van der Waals surface area contributed by atoms with Crippen molar-refractivity contribution in [3.8, 4) is 0 Å². The molecule has 0 aliphatic carbocycles. The molecule has 0 saturated carbocycles. The van der Waals surface area contributed by atoms with Crippen molar-refractivity contribution in [2.45, 2.75) is 0 Å². The molecule has 6 aromatic rings. The number of aromatic nitrogens is 2. The van der Waals surface area contributed by atoms with Crippen molar-refractivity contribution in [3.63, 3.8) is 0 Å². The molecule has 26 heavy (non-hydrogen) atoms. The molecule has 0 atom stereocenters. The second-order valence-corrected chi connectivity index (χ2v) is 7.01. The van der Waals surface area contributed by atoms with Gasteiger partial charge in [-0.15, -0.1) is 0 Å². The van der Waals surface area contributed by atoms with Gasteiger partial charge in [0.25, 0.3) is 0 Å². The third kappa shape index (κ3) is 1.69. The predicted octanol–water partition coefficient (Wildman–Crippen LogP) is 6.60. The van der Waals surface area contributed by atoms with Gasteiger partial charge in [0.1, 0.15) is 5.65 Å². The average molecular weight is 353 g/mol. The highest BCUT2D eigenvalue weighted by Gasteiger charge is 2.16. The van der Waals surface area contributed by atoms with Gasteiger partial charge in [0.2, 0.25) is 0 Å². The number of benzene rings is 4. The van der Waals surface area contributed by atoms with Crippen LogP contribution < -0.4 is 0 Å². The lowest BCUT2D eigenvalue weighted by molar-refractivity contribution is 1.32. The third-order valence-electron chi connectivity index (χ3n) is 5.21. The molecule has 0 aliphatic rings. The van der Waals surface area contributed by atoms with Gasteiger partial charge in [0.15, 0.2) is 0 Å². The van der Waals surface area contributed by atoms with Crippen molar-refractivity contribution in [2.75, 3.05) is 0 Å². The summed E-state index contributed by atoms with van der Waals surface area (Å²) in [5, 5.41) is 6.48. The summed E-state index contributed by atoms with van der Waals surface area (Å²) in [5.74, 6) is 0. The van der Waals surface area contributed by atoms with E-state index in [0.717, 1.165) is 43.4 Å². The van der Waals surface area contributed by atoms with Crippen molar-refractivity contribution in [1.82, 2.24) is 9.38 Å². The van der Waals surface area contributed by atoms with E-state index in [2.05, 4.69) is 65.1 Å². The van der Waals surface area contributed by atoms with Gasteiger partial charge >= 0.3 is 0 Å². The Morgan fingerprint density at radius 3 is 2.46 bits per heavy atom. The number of rotatable bonds is 0. The van der Waals surface area contributed by atoms with Crippen LogP contribution in [0.25, 0.3) is 49.1 Å². The highest BCUT2D eigenvalue weighted by atomic mass is 35.5. The van der Waals surface area contributed by atoms with Gasteiger partial charge in [-0.1, -0.05) is 72.3 Å². The lowest BCUT2D eigenvalue weighted by Gasteiger charge is -2.12. The molecule has 3 heteroatoms. The van der Waals surface area contributed by atoms with E-state index < -0.39 is 0 Å². The SMILES string of the molecule is Clc1cccc2c1c1ccc3ccccc3c1n1c3ccccc3nc21. The van der Waals surface area contributed by atoms with Crippen molar-refractivity contribution < 1.29 is 0 Å². The summed E-state index contributed by atoms with van der Waals surface area (Å²) in [6, 6.07) is 27.2. The summed E-state index contributed by atoms with van der Waals surface area (Å²) >= 11 is 6.65. The number of imidazole rings is 1. The van der Waals surface area contributed by atoms with Crippen LogP contribution >= 0.6 is 11.6 Å². The van der Waals surface area contributed by atoms with Crippen LogP contribution in [0.5, 0.6) is 0 Å². The highest BCUT2D eigenvalue weighted by molar-refractivity contribution is 6.39. The number of hydrogen-bond acceptors (Lipinski definition) is 1. The average Bonchev–Trinajstić information content (AvgIpc) is 3.07. The number of nitrogens with zero attached hydrogens (tertiary/aromatic N) is 2. The summed E-state index contributed by atoms with van der Waals surface area (Å²) in [5.41, 5.74) is 4.22. The van der Waals surface area contributed by atoms with E-state index in [0.29, 0.717) is 0 Å². The van der Waals surface area contributed by atoms with Crippen molar-refractivity contribution >= 4 is 60.7 Å². The van der Waals surface area contributed by atoms with Crippen molar-refractivity contribution in [2.24, 2.45) is 0 Å². The molecule has 0 radical (unpaired) electrons. The Bertz CT molecular complexity index is 1490. The van der Waals surface area contributed by atoms with Gasteiger partial charge in [-0.25, -0.2) is 4.98 Å². The molecule has 0 unspecified atom stereocenters. The second-order valence-electron chi connectivity index (χ2n) is 6.60. The van der Waals surface area contributed by atoms with Crippen LogP contribution in [0.2, 0.25) is 5.02 Å². The molecule has 0 fully saturated rings. The first kappa shape index (κ1) is 14.1. The third-order valence-corrected chi connectivity index (χ3v) is 5.52. The van der Waals surface area contributed by atoms with E-state index in [4.69, 9.17) is 16.6 Å². The van der Waals surface area contributed by atoms with Crippen LogP contribution in [0.4, 0.5) is 0 Å². The van der Waals surface area contributed by atoms with Crippen LogP contribution in [-0.4, -0.2) is 9.38 Å². The van der Waals surface area contributed by atoms with E-state index in [1.54, 1.807) is 0 Å². The fourth-order valence-corrected chi connectivity index (χ4v) is 4.39. The largest absolute Gasteiger partial charge is 0.291 e. The van der Waals surface area contributed by atoms with E-state index in [-0.39, 0.29) is 0 Å². The molecule has 0 bridgehead atoms. The lowest BCUT2D eigenvalue weighted by Crippen LogP contribution is -1.93. The monoisotopic (exact) mass is 352 g/mol. The predicted molar refractivity (Wildman–Crippen MR) is 110 cm³/mol. The van der Waals surface area contributed by atoms with Crippen LogP contribution in [0, 0.1) is 0 Å². The molecule has 0 saturated heterocycles. The first-order valence-electron chi connectivity index (χ1n) is 8.62. The van der Waals surface area contributed by atoms with E-state index in [9.17, 15) is 0 Å². The van der Waals surface area contributed by atoms with Gasteiger partial charge in [0, 0.05) is 26.6 Å². The lowest BCUT2D eigenvalue weighted by atomic mass is 10.0. The zero-order valence-electron chi connectivity index (χ0n) is 13.8. The molecule has 6 rings (SSSR count). The quantitative estimate of drug-likeness (QED) is 0.281. The fourth-order valence-electron chi connectivity index (χ4n) is 4.11. The zero-order chi connectivity index (χ0) is 17.3. The van der Waals surface area contributed by atoms with E-state index >= 15 is 0 Å². The van der Waals surface area contributed by atoms with Gasteiger partial charge < -0.3 is 0 Å². The van der Waals surface area contributed by atoms with E-state index in [1.165, 1.54) is 10.8 Å². The molecule has 0 spiro atoms. The standard InChI is InChI=1S/C23H13ClN2/c24-18-9-5-8-17-21(18)16-13-12-14-6-1-2-7-15(14)22(16)26-20-11-4-3-10-19(20)25-23(17)26/h1-13H. The summed E-state index contributed by atoms with van der Waals surface area (Å²) in [6.45, 7) is 0. The molecule has 122 valence electrons.